The monoisotopic (exact) mass is 578 g/mol. The number of ether oxygens (including phenoxy) is 2. The SMILES string of the molecule is C=c1c(O)c2c(C(C)C)c(O)c(O)c(COC)c2c(O)/c1=c1\c(O)c2c(=COC)c(O)c(O)c(=C(C)C)c2c(O)c1=C. The minimum absolute atomic E-state index is 0.0168. The zero-order chi connectivity index (χ0) is 31.5. The summed E-state index contributed by atoms with van der Waals surface area (Å²) in [6.07, 6.45) is 1.06. The predicted octanol–water partition coefficient (Wildman–Crippen LogP) is 2.59. The third-order valence-corrected chi connectivity index (χ3v) is 7.52. The van der Waals surface area contributed by atoms with Crippen LogP contribution in [0.25, 0.3) is 46.5 Å². The summed E-state index contributed by atoms with van der Waals surface area (Å²) in [6, 6.07) is 0. The first-order chi connectivity index (χ1) is 19.6. The molecular formula is C32H34O10. The van der Waals surface area contributed by atoms with Crippen LogP contribution in [-0.4, -0.2) is 55.1 Å². The van der Waals surface area contributed by atoms with Gasteiger partial charge in [-0.15, -0.1) is 0 Å². The predicted molar refractivity (Wildman–Crippen MR) is 159 cm³/mol. The number of aromatic hydroxyl groups is 8. The highest BCUT2D eigenvalue weighted by atomic mass is 16.5. The number of phenolic OH excluding ortho intramolecular Hbond substituents is 8. The van der Waals surface area contributed by atoms with E-state index in [0.717, 1.165) is 6.26 Å². The minimum atomic E-state index is -0.636. The zero-order valence-electron chi connectivity index (χ0n) is 24.2. The Kier molecular flexibility index (Phi) is 7.47. The summed E-state index contributed by atoms with van der Waals surface area (Å²) >= 11 is 0. The molecule has 8 N–H and O–H groups in total. The Balaban J connectivity index is 2.60. The third kappa shape index (κ3) is 3.98. The number of methoxy groups -OCH3 is 2. The standard InChI is InChI=1S/C32H34O10/c1-11(2)17-23-21(15(9-41-7)27(35)31(17)39)29(37)19(13(5)25(23)33)20-14(6)26(34)24-18(12(3)4)32(40)28(36)16(10-42-8)22(24)30(20)38/h9,12,33-40H,5-6,10H2,1-4,7-8H3/b15-9?,20-19-. The maximum absolute atomic E-state index is 11.8. The molecule has 0 amide bonds. The number of benzene rings is 4. The summed E-state index contributed by atoms with van der Waals surface area (Å²) in [4.78, 5) is 0. The van der Waals surface area contributed by atoms with E-state index in [1.807, 2.05) is 0 Å². The van der Waals surface area contributed by atoms with Gasteiger partial charge in [0.05, 0.1) is 25.2 Å². The molecule has 0 radical (unpaired) electrons. The van der Waals surface area contributed by atoms with E-state index in [9.17, 15) is 40.9 Å². The van der Waals surface area contributed by atoms with Gasteiger partial charge in [-0.1, -0.05) is 32.6 Å². The van der Waals surface area contributed by atoms with Crippen molar-refractivity contribution >= 4 is 46.5 Å². The lowest BCUT2D eigenvalue weighted by Crippen LogP contribution is -2.20. The van der Waals surface area contributed by atoms with Crippen molar-refractivity contribution in [1.82, 2.24) is 0 Å². The average Bonchev–Trinajstić information content (AvgIpc) is 2.92. The summed E-state index contributed by atoms with van der Waals surface area (Å²) in [5.74, 6) is -4.80. The van der Waals surface area contributed by atoms with Gasteiger partial charge in [-0.2, -0.15) is 0 Å². The van der Waals surface area contributed by atoms with E-state index in [0.29, 0.717) is 5.57 Å². The molecule has 0 aliphatic heterocycles. The molecule has 0 saturated heterocycles. The van der Waals surface area contributed by atoms with Crippen LogP contribution in [0.3, 0.4) is 0 Å². The molecular weight excluding hydrogens is 544 g/mol. The summed E-state index contributed by atoms with van der Waals surface area (Å²) < 4.78 is 10.3. The highest BCUT2D eigenvalue weighted by Crippen LogP contribution is 2.48. The fourth-order valence-electron chi connectivity index (χ4n) is 5.70. The van der Waals surface area contributed by atoms with Crippen molar-refractivity contribution in [3.8, 4) is 46.0 Å². The van der Waals surface area contributed by atoms with Gasteiger partial charge in [0.1, 0.15) is 23.0 Å². The summed E-state index contributed by atoms with van der Waals surface area (Å²) in [5.41, 5.74) is 0.583. The van der Waals surface area contributed by atoms with Crippen molar-refractivity contribution in [1.29, 1.82) is 0 Å². The van der Waals surface area contributed by atoms with Gasteiger partial charge in [0.25, 0.3) is 0 Å². The second-order valence-electron chi connectivity index (χ2n) is 10.6. The highest BCUT2D eigenvalue weighted by Gasteiger charge is 2.27. The van der Waals surface area contributed by atoms with Gasteiger partial charge < -0.3 is 50.3 Å². The van der Waals surface area contributed by atoms with E-state index in [-0.39, 0.29) is 70.6 Å². The van der Waals surface area contributed by atoms with Crippen molar-refractivity contribution in [2.24, 2.45) is 0 Å². The van der Waals surface area contributed by atoms with Crippen LogP contribution in [0.1, 0.15) is 44.7 Å². The van der Waals surface area contributed by atoms with Crippen LogP contribution < -0.4 is 20.9 Å². The van der Waals surface area contributed by atoms with E-state index < -0.39 is 51.9 Å². The van der Waals surface area contributed by atoms with Gasteiger partial charge in [0.2, 0.25) is 0 Å². The maximum Gasteiger partial charge on any atom is 0.169 e. The van der Waals surface area contributed by atoms with E-state index in [1.165, 1.54) is 14.2 Å². The van der Waals surface area contributed by atoms with Gasteiger partial charge in [-0.25, -0.2) is 0 Å². The smallest absolute Gasteiger partial charge is 0.169 e. The molecule has 0 bridgehead atoms. The molecule has 0 spiro atoms. The van der Waals surface area contributed by atoms with Crippen molar-refractivity contribution in [2.45, 2.75) is 40.2 Å². The lowest BCUT2D eigenvalue weighted by Gasteiger charge is -2.20. The lowest BCUT2D eigenvalue weighted by molar-refractivity contribution is 0.182. The van der Waals surface area contributed by atoms with Crippen LogP contribution >= 0.6 is 0 Å². The van der Waals surface area contributed by atoms with Gasteiger partial charge in [-0.3, -0.25) is 0 Å². The second-order valence-corrected chi connectivity index (χ2v) is 10.6. The minimum Gasteiger partial charge on any atom is -0.507 e. The molecule has 0 aliphatic rings. The lowest BCUT2D eigenvalue weighted by atomic mass is 9.88. The second kappa shape index (κ2) is 10.5. The molecule has 10 nitrogen and oxygen atoms in total. The van der Waals surface area contributed by atoms with Crippen LogP contribution in [0, 0.1) is 10.4 Å². The van der Waals surface area contributed by atoms with Crippen molar-refractivity contribution in [3.63, 3.8) is 0 Å². The van der Waals surface area contributed by atoms with Crippen LogP contribution in [0.2, 0.25) is 0 Å². The number of hydrogen-bond acceptors (Lipinski definition) is 10. The van der Waals surface area contributed by atoms with Crippen LogP contribution in [0.15, 0.2) is 0 Å². The topological polar surface area (TPSA) is 180 Å². The first-order valence-electron chi connectivity index (χ1n) is 12.9. The fourth-order valence-corrected chi connectivity index (χ4v) is 5.70. The average molecular weight is 579 g/mol. The summed E-state index contributed by atoms with van der Waals surface area (Å²) in [5, 5.41) is 88.8. The molecule has 0 heterocycles. The van der Waals surface area contributed by atoms with Crippen LogP contribution in [0.4, 0.5) is 0 Å². The summed E-state index contributed by atoms with van der Waals surface area (Å²) in [7, 11) is 2.63. The molecule has 0 aromatic heterocycles. The van der Waals surface area contributed by atoms with E-state index >= 15 is 0 Å². The number of hydrogen-bond donors (Lipinski definition) is 8. The largest absolute Gasteiger partial charge is 0.507 e. The molecule has 4 rings (SSSR count). The van der Waals surface area contributed by atoms with E-state index in [2.05, 4.69) is 13.2 Å². The third-order valence-electron chi connectivity index (χ3n) is 7.52. The molecule has 4 aromatic rings. The highest BCUT2D eigenvalue weighted by molar-refractivity contribution is 6.02. The molecule has 0 fully saturated rings. The first kappa shape index (κ1) is 30.0. The number of fused-ring (bicyclic) bond motifs is 2. The molecule has 4 aromatic carbocycles. The van der Waals surface area contributed by atoms with Gasteiger partial charge >= 0.3 is 0 Å². The Morgan fingerprint density at radius 1 is 0.667 bits per heavy atom. The Labute approximate surface area is 239 Å². The fraction of sp³-hybridized carbons (Fsp3) is 0.250. The molecule has 0 saturated carbocycles. The van der Waals surface area contributed by atoms with Crippen molar-refractivity contribution in [3.05, 3.63) is 42.4 Å². The number of rotatable bonds is 4. The molecule has 0 atom stereocenters. The normalized spacial score (nSPS) is 13.0. The molecule has 0 unspecified atom stereocenters. The molecule has 42 heavy (non-hydrogen) atoms. The van der Waals surface area contributed by atoms with Crippen LogP contribution in [0.5, 0.6) is 46.0 Å². The van der Waals surface area contributed by atoms with Gasteiger partial charge in [0, 0.05) is 65.9 Å². The molecule has 0 aliphatic carbocycles. The Morgan fingerprint density at radius 2 is 1.19 bits per heavy atom. The van der Waals surface area contributed by atoms with Crippen molar-refractivity contribution < 1.29 is 50.3 Å². The Bertz CT molecular complexity index is 2140. The van der Waals surface area contributed by atoms with Crippen molar-refractivity contribution in [2.75, 3.05) is 14.2 Å². The molecule has 222 valence electrons. The van der Waals surface area contributed by atoms with Gasteiger partial charge in [-0.05, 0) is 19.8 Å². The van der Waals surface area contributed by atoms with Gasteiger partial charge in [0.15, 0.2) is 23.0 Å². The van der Waals surface area contributed by atoms with E-state index in [4.69, 9.17) is 9.47 Å². The quantitative estimate of drug-likeness (QED) is 0.132. The Hall–Kier alpha value is -4.96. The Morgan fingerprint density at radius 3 is 1.67 bits per heavy atom. The maximum atomic E-state index is 11.8. The van der Waals surface area contributed by atoms with E-state index in [1.54, 1.807) is 27.7 Å². The molecule has 10 heteroatoms. The number of phenols is 8. The summed E-state index contributed by atoms with van der Waals surface area (Å²) in [6.45, 7) is 14.3. The zero-order valence-corrected chi connectivity index (χ0v) is 24.2. The first-order valence-corrected chi connectivity index (χ1v) is 12.9. The van der Waals surface area contributed by atoms with Crippen LogP contribution in [-0.2, 0) is 16.1 Å².